The standard InChI is InChI=1S/C20H28N2O4/c1-4-14(2)17-18(23)22(19(24)21-17)13-20(9-11-26-12-10-20)15-5-7-16(25-3)8-6-15/h5-8,14,17H,4,9-13H2,1-3H3,(H,21,24)/t14-,17-/m1/s1. The van der Waals surface area contributed by atoms with Crippen LogP contribution < -0.4 is 10.1 Å². The number of methoxy groups -OCH3 is 1. The van der Waals surface area contributed by atoms with Gasteiger partial charge in [0.15, 0.2) is 0 Å². The van der Waals surface area contributed by atoms with Crippen molar-refractivity contribution in [1.29, 1.82) is 0 Å². The Balaban J connectivity index is 1.86. The first-order valence-corrected chi connectivity index (χ1v) is 9.35. The van der Waals surface area contributed by atoms with E-state index in [0.717, 1.165) is 30.6 Å². The molecule has 142 valence electrons. The summed E-state index contributed by atoms with van der Waals surface area (Å²) in [5, 5.41) is 2.87. The van der Waals surface area contributed by atoms with Crippen LogP contribution in [-0.4, -0.2) is 49.7 Å². The topological polar surface area (TPSA) is 67.9 Å². The average Bonchev–Trinajstić information content (AvgIpc) is 2.96. The van der Waals surface area contributed by atoms with Gasteiger partial charge in [0, 0.05) is 25.2 Å². The van der Waals surface area contributed by atoms with E-state index < -0.39 is 6.04 Å². The molecule has 2 fully saturated rings. The molecule has 2 heterocycles. The van der Waals surface area contributed by atoms with Crippen LogP contribution in [0.3, 0.4) is 0 Å². The van der Waals surface area contributed by atoms with E-state index >= 15 is 0 Å². The lowest BCUT2D eigenvalue weighted by molar-refractivity contribution is -0.129. The van der Waals surface area contributed by atoms with Gasteiger partial charge < -0.3 is 14.8 Å². The molecule has 0 spiro atoms. The Morgan fingerprint density at radius 3 is 2.50 bits per heavy atom. The third kappa shape index (κ3) is 3.43. The smallest absolute Gasteiger partial charge is 0.324 e. The van der Waals surface area contributed by atoms with E-state index in [1.807, 2.05) is 38.1 Å². The zero-order valence-corrected chi connectivity index (χ0v) is 15.8. The normalized spacial score (nSPS) is 23.7. The Morgan fingerprint density at radius 1 is 1.27 bits per heavy atom. The third-order valence-corrected chi connectivity index (χ3v) is 5.88. The zero-order valence-electron chi connectivity index (χ0n) is 15.8. The number of amides is 3. The van der Waals surface area contributed by atoms with Gasteiger partial charge in [-0.25, -0.2) is 4.79 Å². The van der Waals surface area contributed by atoms with Gasteiger partial charge in [-0.05, 0) is 36.5 Å². The van der Waals surface area contributed by atoms with E-state index in [1.165, 1.54) is 4.90 Å². The SMILES string of the molecule is CC[C@@H](C)[C@H]1NC(=O)N(CC2(c3ccc(OC)cc3)CCOCC2)C1=O. The quantitative estimate of drug-likeness (QED) is 0.792. The van der Waals surface area contributed by atoms with Crippen molar-refractivity contribution in [3.63, 3.8) is 0 Å². The van der Waals surface area contributed by atoms with Gasteiger partial charge in [0.2, 0.25) is 0 Å². The van der Waals surface area contributed by atoms with Crippen LogP contribution >= 0.6 is 0 Å². The number of carbonyl (C=O) groups excluding carboxylic acids is 2. The van der Waals surface area contributed by atoms with Gasteiger partial charge in [0.25, 0.3) is 5.91 Å². The second kappa shape index (κ2) is 7.66. The minimum atomic E-state index is -0.416. The van der Waals surface area contributed by atoms with E-state index in [1.54, 1.807) is 7.11 Å². The molecule has 1 aromatic carbocycles. The first-order chi connectivity index (χ1) is 12.5. The maximum absolute atomic E-state index is 12.9. The van der Waals surface area contributed by atoms with Gasteiger partial charge >= 0.3 is 6.03 Å². The predicted molar refractivity (Wildman–Crippen MR) is 98.2 cm³/mol. The molecule has 2 aliphatic heterocycles. The van der Waals surface area contributed by atoms with Crippen LogP contribution in [0.1, 0.15) is 38.7 Å². The lowest BCUT2D eigenvalue weighted by atomic mass is 9.73. The summed E-state index contributed by atoms with van der Waals surface area (Å²) in [6.45, 7) is 5.68. The number of benzene rings is 1. The first kappa shape index (κ1) is 18.7. The zero-order chi connectivity index (χ0) is 18.7. The molecule has 0 unspecified atom stereocenters. The summed E-state index contributed by atoms with van der Waals surface area (Å²) >= 11 is 0. The van der Waals surface area contributed by atoms with E-state index in [9.17, 15) is 9.59 Å². The molecular weight excluding hydrogens is 332 g/mol. The van der Waals surface area contributed by atoms with Crippen molar-refractivity contribution >= 4 is 11.9 Å². The summed E-state index contributed by atoms with van der Waals surface area (Å²) in [5.74, 6) is 0.814. The Labute approximate surface area is 154 Å². The minimum Gasteiger partial charge on any atom is -0.497 e. The highest BCUT2D eigenvalue weighted by atomic mass is 16.5. The highest BCUT2D eigenvalue weighted by molar-refractivity contribution is 6.04. The number of urea groups is 1. The van der Waals surface area contributed by atoms with Crippen LogP contribution in [0.2, 0.25) is 0 Å². The van der Waals surface area contributed by atoms with Gasteiger partial charge in [-0.3, -0.25) is 9.69 Å². The molecule has 2 aliphatic rings. The van der Waals surface area contributed by atoms with Crippen molar-refractivity contribution in [2.45, 2.75) is 44.6 Å². The molecule has 3 amide bonds. The monoisotopic (exact) mass is 360 g/mol. The van der Waals surface area contributed by atoms with Crippen LogP contribution in [0.25, 0.3) is 0 Å². The van der Waals surface area contributed by atoms with E-state index in [-0.39, 0.29) is 23.3 Å². The molecule has 0 aromatic heterocycles. The van der Waals surface area contributed by atoms with Crippen LogP contribution in [0.5, 0.6) is 5.75 Å². The molecule has 1 N–H and O–H groups in total. The molecule has 0 radical (unpaired) electrons. The van der Waals surface area contributed by atoms with Crippen LogP contribution in [-0.2, 0) is 14.9 Å². The number of hydrogen-bond donors (Lipinski definition) is 1. The van der Waals surface area contributed by atoms with Crippen LogP contribution in [0.15, 0.2) is 24.3 Å². The molecule has 2 saturated heterocycles. The summed E-state index contributed by atoms with van der Waals surface area (Å²) in [4.78, 5) is 26.8. The number of rotatable bonds is 6. The highest BCUT2D eigenvalue weighted by Gasteiger charge is 2.45. The maximum Gasteiger partial charge on any atom is 0.324 e. The summed E-state index contributed by atoms with van der Waals surface area (Å²) in [6, 6.07) is 7.24. The van der Waals surface area contributed by atoms with Crippen molar-refractivity contribution in [3.8, 4) is 5.75 Å². The van der Waals surface area contributed by atoms with Crippen molar-refractivity contribution in [2.24, 2.45) is 5.92 Å². The number of hydrogen-bond acceptors (Lipinski definition) is 4. The number of nitrogens with one attached hydrogen (secondary N) is 1. The van der Waals surface area contributed by atoms with E-state index in [2.05, 4.69) is 5.32 Å². The largest absolute Gasteiger partial charge is 0.497 e. The lowest BCUT2D eigenvalue weighted by Crippen LogP contribution is -2.47. The summed E-state index contributed by atoms with van der Waals surface area (Å²) < 4.78 is 10.8. The Bertz CT molecular complexity index is 652. The predicted octanol–water partition coefficient (Wildman–Crippen LogP) is 2.71. The summed E-state index contributed by atoms with van der Waals surface area (Å²) in [7, 11) is 1.64. The molecule has 2 atom stereocenters. The fraction of sp³-hybridized carbons (Fsp3) is 0.600. The Morgan fingerprint density at radius 2 is 1.92 bits per heavy atom. The molecule has 3 rings (SSSR count). The fourth-order valence-electron chi connectivity index (χ4n) is 3.86. The van der Waals surface area contributed by atoms with Gasteiger partial charge in [-0.1, -0.05) is 32.4 Å². The third-order valence-electron chi connectivity index (χ3n) is 5.88. The molecule has 0 saturated carbocycles. The molecule has 6 heteroatoms. The number of ether oxygens (including phenoxy) is 2. The second-order valence-corrected chi connectivity index (χ2v) is 7.36. The first-order valence-electron chi connectivity index (χ1n) is 9.35. The molecule has 26 heavy (non-hydrogen) atoms. The van der Waals surface area contributed by atoms with Crippen molar-refractivity contribution < 1.29 is 19.1 Å². The number of carbonyl (C=O) groups is 2. The number of nitrogens with zero attached hydrogens (tertiary/aromatic N) is 1. The molecule has 0 aliphatic carbocycles. The molecule has 1 aromatic rings. The minimum absolute atomic E-state index is 0.108. The maximum atomic E-state index is 12.9. The van der Waals surface area contributed by atoms with Crippen LogP contribution in [0, 0.1) is 5.92 Å². The van der Waals surface area contributed by atoms with E-state index in [0.29, 0.717) is 19.8 Å². The lowest BCUT2D eigenvalue weighted by Gasteiger charge is -2.39. The molecule has 0 bridgehead atoms. The molecular formula is C20H28N2O4. The van der Waals surface area contributed by atoms with Crippen molar-refractivity contribution in [2.75, 3.05) is 26.9 Å². The van der Waals surface area contributed by atoms with Gasteiger partial charge in [-0.2, -0.15) is 0 Å². The Hall–Kier alpha value is -2.08. The second-order valence-electron chi connectivity index (χ2n) is 7.36. The van der Waals surface area contributed by atoms with Gasteiger partial charge in [0.05, 0.1) is 7.11 Å². The highest BCUT2D eigenvalue weighted by Crippen LogP contribution is 2.37. The number of imide groups is 1. The average molecular weight is 360 g/mol. The fourth-order valence-corrected chi connectivity index (χ4v) is 3.86. The van der Waals surface area contributed by atoms with Gasteiger partial charge in [-0.15, -0.1) is 0 Å². The van der Waals surface area contributed by atoms with Gasteiger partial charge in [0.1, 0.15) is 11.8 Å². The summed E-state index contributed by atoms with van der Waals surface area (Å²) in [5.41, 5.74) is 0.844. The Kier molecular flexibility index (Phi) is 5.51. The van der Waals surface area contributed by atoms with Crippen LogP contribution in [0.4, 0.5) is 4.79 Å². The molecule has 6 nitrogen and oxygen atoms in total. The van der Waals surface area contributed by atoms with E-state index in [4.69, 9.17) is 9.47 Å². The van der Waals surface area contributed by atoms with Crippen molar-refractivity contribution in [1.82, 2.24) is 10.2 Å². The van der Waals surface area contributed by atoms with Crippen molar-refractivity contribution in [3.05, 3.63) is 29.8 Å². The summed E-state index contributed by atoms with van der Waals surface area (Å²) in [6.07, 6.45) is 2.41.